The summed E-state index contributed by atoms with van der Waals surface area (Å²) in [4.78, 5) is 11.2. The van der Waals surface area contributed by atoms with Crippen LogP contribution in [0, 0.1) is 17.2 Å². The summed E-state index contributed by atoms with van der Waals surface area (Å²) in [5.74, 6) is -1.57. The van der Waals surface area contributed by atoms with Gasteiger partial charge in [-0.05, 0) is 0 Å². The van der Waals surface area contributed by atoms with E-state index in [4.69, 9.17) is 18.9 Å². The van der Waals surface area contributed by atoms with Gasteiger partial charge in [0.05, 0.1) is 12.0 Å². The Morgan fingerprint density at radius 3 is 2.72 bits per heavy atom. The highest BCUT2D eigenvalue weighted by Crippen LogP contribution is 2.50. The summed E-state index contributed by atoms with van der Waals surface area (Å²) in [6.07, 6.45) is -2.24. The quantitative estimate of drug-likeness (QED) is 0.364. The molecule has 0 aromatic rings. The Morgan fingerprint density at radius 2 is 2.11 bits per heavy atom. The zero-order valence-electron chi connectivity index (χ0n) is 9.05. The van der Waals surface area contributed by atoms with Gasteiger partial charge in [0.1, 0.15) is 23.6 Å². The van der Waals surface area contributed by atoms with Crippen molar-refractivity contribution in [2.75, 3.05) is 0 Å². The van der Waals surface area contributed by atoms with Crippen molar-refractivity contribution in [1.29, 1.82) is 5.26 Å². The van der Waals surface area contributed by atoms with Crippen molar-refractivity contribution < 1.29 is 26.9 Å². The number of rotatable bonds is 2. The van der Waals surface area contributed by atoms with E-state index >= 15 is 0 Å². The summed E-state index contributed by atoms with van der Waals surface area (Å²) < 4.78 is 38.8. The Balaban J connectivity index is 1.96. The molecule has 0 aliphatic carbocycles. The van der Waals surface area contributed by atoms with Gasteiger partial charge < -0.3 is 9.47 Å². The maximum Gasteiger partial charge on any atom is 0.330 e. The van der Waals surface area contributed by atoms with Crippen molar-refractivity contribution in [2.45, 2.75) is 29.7 Å². The molecule has 0 saturated carbocycles. The highest BCUT2D eigenvalue weighted by atomic mass is 32.2. The van der Waals surface area contributed by atoms with E-state index in [9.17, 15) is 13.2 Å². The third kappa shape index (κ3) is 1.29. The molecule has 0 N–H and O–H groups in total. The molecule has 6 atom stereocenters. The minimum absolute atomic E-state index is 0.697. The monoisotopic (exact) mass is 271 g/mol. The number of ether oxygens (including phenoxy) is 2. The van der Waals surface area contributed by atoms with Gasteiger partial charge >= 0.3 is 5.97 Å². The zero-order chi connectivity index (χ0) is 13.1. The van der Waals surface area contributed by atoms with Crippen LogP contribution in [0.2, 0.25) is 0 Å². The fraction of sp³-hybridized carbons (Fsp3) is 0.600. The molecular weight excluding hydrogens is 262 g/mol. The second-order valence-electron chi connectivity index (χ2n) is 4.34. The normalized spacial score (nSPS) is 46.6. The van der Waals surface area contributed by atoms with Gasteiger partial charge in [-0.25, -0.2) is 4.79 Å². The molecule has 3 aliphatic heterocycles. The fourth-order valence-electron chi connectivity index (χ4n) is 2.79. The largest absolute Gasteiger partial charge is 0.453 e. The molecule has 96 valence electrons. The van der Waals surface area contributed by atoms with Crippen molar-refractivity contribution in [1.82, 2.24) is 0 Å². The molecule has 3 heterocycles. The van der Waals surface area contributed by atoms with E-state index in [2.05, 4.69) is 6.58 Å². The van der Waals surface area contributed by atoms with Crippen LogP contribution >= 0.6 is 0 Å². The van der Waals surface area contributed by atoms with Crippen LogP contribution in [0.3, 0.4) is 0 Å². The number of carbonyl (C=O) groups excluding carboxylic acids is 1. The molecule has 3 saturated heterocycles. The number of carbonyl (C=O) groups is 1. The Kier molecular flexibility index (Phi) is 2.29. The Morgan fingerprint density at radius 1 is 1.39 bits per heavy atom. The summed E-state index contributed by atoms with van der Waals surface area (Å²) in [6.45, 7) is 3.25. The third-order valence-corrected chi connectivity index (χ3v) is 5.18. The van der Waals surface area contributed by atoms with Gasteiger partial charge in [-0.15, -0.1) is 0 Å². The number of esters is 1. The first-order valence-electron chi connectivity index (χ1n) is 5.30. The lowest BCUT2D eigenvalue weighted by atomic mass is 9.86. The molecule has 7 nitrogen and oxygen atoms in total. The number of hydrogen-bond donors (Lipinski definition) is 0. The molecule has 8 heteroatoms. The predicted octanol–water partition coefficient (Wildman–Crippen LogP) is -0.898. The SMILES string of the molecule is C=CC(=O)OC1C2OC3C1OS(=O)(=O)C3C2C#N. The maximum atomic E-state index is 11.7. The highest BCUT2D eigenvalue weighted by molar-refractivity contribution is 7.87. The first kappa shape index (κ1) is 11.6. The molecule has 2 bridgehead atoms. The topological polar surface area (TPSA) is 103 Å². The molecule has 3 aliphatic rings. The van der Waals surface area contributed by atoms with Crippen molar-refractivity contribution in [2.24, 2.45) is 5.92 Å². The predicted molar refractivity (Wildman–Crippen MR) is 55.4 cm³/mol. The van der Waals surface area contributed by atoms with Gasteiger partial charge in [-0.1, -0.05) is 6.58 Å². The molecule has 0 amide bonds. The highest BCUT2D eigenvalue weighted by Gasteiger charge is 2.72. The second kappa shape index (κ2) is 3.54. The van der Waals surface area contributed by atoms with Crippen LogP contribution in [-0.2, 0) is 28.6 Å². The lowest BCUT2D eigenvalue weighted by molar-refractivity contribution is -0.149. The van der Waals surface area contributed by atoms with Crippen LogP contribution in [0.25, 0.3) is 0 Å². The number of nitrogens with zero attached hydrogens (tertiary/aromatic N) is 1. The van der Waals surface area contributed by atoms with Crippen molar-refractivity contribution in [3.05, 3.63) is 12.7 Å². The number of hydrogen-bond acceptors (Lipinski definition) is 7. The molecule has 18 heavy (non-hydrogen) atoms. The molecular formula is C10H9NO6S. The van der Waals surface area contributed by atoms with Crippen LogP contribution in [0.15, 0.2) is 12.7 Å². The average molecular weight is 271 g/mol. The standard InChI is InChI=1S/C10H9NO6S/c1-2-5(12)15-7-6-4(3-11)10-9(16-6)8(7)17-18(10,13)14/h2,4,6-10H,1H2. The maximum absolute atomic E-state index is 11.7. The van der Waals surface area contributed by atoms with Crippen LogP contribution in [0.1, 0.15) is 0 Å². The lowest BCUT2D eigenvalue weighted by Gasteiger charge is -2.23. The van der Waals surface area contributed by atoms with Crippen molar-refractivity contribution >= 4 is 16.1 Å². The van der Waals surface area contributed by atoms with E-state index in [1.807, 2.05) is 6.07 Å². The van der Waals surface area contributed by atoms with Gasteiger partial charge in [0, 0.05) is 6.08 Å². The van der Waals surface area contributed by atoms with Crippen LogP contribution in [0.4, 0.5) is 0 Å². The summed E-state index contributed by atoms with van der Waals surface area (Å²) in [6, 6.07) is 1.90. The summed E-state index contributed by atoms with van der Waals surface area (Å²) in [5, 5.41) is 8.06. The van der Waals surface area contributed by atoms with E-state index < -0.39 is 51.7 Å². The summed E-state index contributed by atoms with van der Waals surface area (Å²) in [5.41, 5.74) is 0. The van der Waals surface area contributed by atoms with E-state index in [1.54, 1.807) is 0 Å². The molecule has 0 aromatic carbocycles. The molecule has 3 fully saturated rings. The van der Waals surface area contributed by atoms with Gasteiger partial charge in [-0.3, -0.25) is 4.18 Å². The minimum atomic E-state index is -3.83. The van der Waals surface area contributed by atoms with Crippen molar-refractivity contribution in [3.63, 3.8) is 0 Å². The van der Waals surface area contributed by atoms with Gasteiger partial charge in [0.15, 0.2) is 6.10 Å². The molecule has 0 radical (unpaired) electrons. The summed E-state index contributed by atoms with van der Waals surface area (Å²) in [7, 11) is -3.83. The fourth-order valence-corrected chi connectivity index (χ4v) is 4.57. The van der Waals surface area contributed by atoms with Gasteiger partial charge in [0.25, 0.3) is 10.1 Å². The third-order valence-electron chi connectivity index (χ3n) is 3.46. The number of nitriles is 1. The van der Waals surface area contributed by atoms with Crippen LogP contribution in [0.5, 0.6) is 0 Å². The smallest absolute Gasteiger partial charge is 0.330 e. The Labute approximate surface area is 103 Å². The lowest BCUT2D eigenvalue weighted by Crippen LogP contribution is -2.46. The first-order valence-corrected chi connectivity index (χ1v) is 6.77. The van der Waals surface area contributed by atoms with E-state index in [0.29, 0.717) is 0 Å². The minimum Gasteiger partial charge on any atom is -0.453 e. The molecule has 0 aromatic heterocycles. The van der Waals surface area contributed by atoms with Crippen molar-refractivity contribution in [3.8, 4) is 6.07 Å². The van der Waals surface area contributed by atoms with E-state index in [0.717, 1.165) is 6.08 Å². The molecule has 0 spiro atoms. The molecule has 6 unspecified atom stereocenters. The second-order valence-corrected chi connectivity index (χ2v) is 6.07. The Hall–Kier alpha value is -1.43. The first-order chi connectivity index (χ1) is 8.49. The van der Waals surface area contributed by atoms with E-state index in [-0.39, 0.29) is 0 Å². The van der Waals surface area contributed by atoms with Gasteiger partial charge in [-0.2, -0.15) is 13.7 Å². The van der Waals surface area contributed by atoms with Crippen LogP contribution in [-0.4, -0.2) is 44.1 Å². The summed E-state index contributed by atoms with van der Waals surface area (Å²) >= 11 is 0. The zero-order valence-corrected chi connectivity index (χ0v) is 9.87. The van der Waals surface area contributed by atoms with Gasteiger partial charge in [0.2, 0.25) is 0 Å². The van der Waals surface area contributed by atoms with E-state index in [1.165, 1.54) is 0 Å². The van der Waals surface area contributed by atoms with Crippen LogP contribution < -0.4 is 0 Å². The molecule has 3 rings (SSSR count). The number of fused-ring (bicyclic) bond motifs is 1. The Bertz CT molecular complexity index is 563. The average Bonchev–Trinajstić information content (AvgIpc) is 2.90.